The lowest BCUT2D eigenvalue weighted by atomic mass is 9.90. The van der Waals surface area contributed by atoms with E-state index in [4.69, 9.17) is 0 Å². The molecule has 0 amide bonds. The zero-order valence-electron chi connectivity index (χ0n) is 9.46. The molecule has 1 aliphatic carbocycles. The number of aliphatic hydroxyl groups is 1. The Morgan fingerprint density at radius 2 is 2.20 bits per heavy atom. The fourth-order valence-corrected chi connectivity index (χ4v) is 2.37. The summed E-state index contributed by atoms with van der Waals surface area (Å²) >= 11 is 0. The highest BCUT2D eigenvalue weighted by Crippen LogP contribution is 2.54. The first-order valence-electron chi connectivity index (χ1n) is 5.56. The highest BCUT2D eigenvalue weighted by molar-refractivity contribution is 5.28. The molecule has 2 N–H and O–H groups in total. The van der Waals surface area contributed by atoms with Gasteiger partial charge in [0, 0.05) is 11.5 Å². The molecule has 2 heteroatoms. The molecule has 0 saturated heterocycles. The lowest BCUT2D eigenvalue weighted by molar-refractivity contribution is 0.175. The van der Waals surface area contributed by atoms with Crippen molar-refractivity contribution in [2.45, 2.75) is 25.8 Å². The molecule has 1 saturated carbocycles. The van der Waals surface area contributed by atoms with E-state index in [9.17, 15) is 5.11 Å². The summed E-state index contributed by atoms with van der Waals surface area (Å²) in [6.07, 6.45) is 2.26. The minimum Gasteiger partial charge on any atom is -0.396 e. The number of rotatable bonds is 4. The molecule has 1 fully saturated rings. The number of aryl methyl sites for hydroxylation is 1. The largest absolute Gasteiger partial charge is 0.396 e. The van der Waals surface area contributed by atoms with Crippen LogP contribution in [0.1, 0.15) is 30.0 Å². The van der Waals surface area contributed by atoms with Gasteiger partial charge in [-0.15, -0.1) is 0 Å². The second kappa shape index (κ2) is 3.95. The van der Waals surface area contributed by atoms with Crippen LogP contribution in [-0.4, -0.2) is 18.8 Å². The van der Waals surface area contributed by atoms with Crippen LogP contribution in [0.15, 0.2) is 24.3 Å². The minimum atomic E-state index is 0.0997. The van der Waals surface area contributed by atoms with E-state index in [2.05, 4.69) is 36.5 Å². The predicted molar refractivity (Wildman–Crippen MR) is 61.7 cm³/mol. The molecule has 2 rings (SSSR count). The average molecular weight is 205 g/mol. The van der Waals surface area contributed by atoms with Crippen molar-refractivity contribution in [3.8, 4) is 0 Å². The maximum atomic E-state index is 9.45. The van der Waals surface area contributed by atoms with Crippen LogP contribution in [-0.2, 0) is 0 Å². The maximum Gasteiger partial charge on any atom is 0.0505 e. The standard InChI is InChI=1S/C13H19NO/c1-10-4-3-5-11(8-10)12(14-2)13(9-15)6-7-13/h3-5,8,12,14-15H,6-7,9H2,1-2H3. The van der Waals surface area contributed by atoms with Gasteiger partial charge in [-0.1, -0.05) is 29.8 Å². The van der Waals surface area contributed by atoms with E-state index < -0.39 is 0 Å². The Morgan fingerprint density at radius 3 is 2.67 bits per heavy atom. The third-order valence-electron chi connectivity index (χ3n) is 3.48. The van der Waals surface area contributed by atoms with Crippen LogP contribution in [0.2, 0.25) is 0 Å². The Morgan fingerprint density at radius 1 is 1.47 bits per heavy atom. The summed E-state index contributed by atoms with van der Waals surface area (Å²) in [5, 5.41) is 12.8. The maximum absolute atomic E-state index is 9.45. The number of hydrogen-bond acceptors (Lipinski definition) is 2. The summed E-state index contributed by atoms with van der Waals surface area (Å²) in [7, 11) is 1.97. The Bertz CT molecular complexity index is 344. The second-order valence-electron chi connectivity index (χ2n) is 4.66. The van der Waals surface area contributed by atoms with E-state index in [0.717, 1.165) is 12.8 Å². The number of hydrogen-bond donors (Lipinski definition) is 2. The van der Waals surface area contributed by atoms with Gasteiger partial charge in [0.2, 0.25) is 0 Å². The minimum absolute atomic E-state index is 0.0997. The van der Waals surface area contributed by atoms with Crippen molar-refractivity contribution < 1.29 is 5.11 Å². The van der Waals surface area contributed by atoms with Gasteiger partial charge in [-0.05, 0) is 32.4 Å². The van der Waals surface area contributed by atoms with Gasteiger partial charge < -0.3 is 10.4 Å². The van der Waals surface area contributed by atoms with Crippen LogP contribution in [0.4, 0.5) is 0 Å². The number of benzene rings is 1. The zero-order valence-corrected chi connectivity index (χ0v) is 9.46. The summed E-state index contributed by atoms with van der Waals surface area (Å²) in [6.45, 7) is 2.39. The molecular formula is C13H19NO. The molecule has 1 aliphatic rings. The first kappa shape index (κ1) is 10.7. The predicted octanol–water partition coefficient (Wildman–Crippen LogP) is 2.03. The molecule has 0 heterocycles. The average Bonchev–Trinajstić information content (AvgIpc) is 3.00. The normalized spacial score (nSPS) is 19.9. The van der Waals surface area contributed by atoms with Crippen molar-refractivity contribution in [1.29, 1.82) is 0 Å². The zero-order chi connectivity index (χ0) is 10.9. The lowest BCUT2D eigenvalue weighted by Crippen LogP contribution is -2.29. The Hall–Kier alpha value is -0.860. The second-order valence-corrected chi connectivity index (χ2v) is 4.66. The van der Waals surface area contributed by atoms with Crippen molar-refractivity contribution in [2.75, 3.05) is 13.7 Å². The van der Waals surface area contributed by atoms with Crippen LogP contribution < -0.4 is 5.32 Å². The lowest BCUT2D eigenvalue weighted by Gasteiger charge is -2.25. The van der Waals surface area contributed by atoms with Gasteiger partial charge in [0.1, 0.15) is 0 Å². The molecule has 1 aromatic carbocycles. The molecule has 1 aromatic rings. The number of aliphatic hydroxyl groups excluding tert-OH is 1. The molecule has 15 heavy (non-hydrogen) atoms. The van der Waals surface area contributed by atoms with Crippen molar-refractivity contribution >= 4 is 0 Å². The number of nitrogens with one attached hydrogen (secondary N) is 1. The van der Waals surface area contributed by atoms with Gasteiger partial charge in [-0.25, -0.2) is 0 Å². The Labute approximate surface area is 91.3 Å². The molecule has 1 atom stereocenters. The summed E-state index contributed by atoms with van der Waals surface area (Å²) in [6, 6.07) is 8.83. The first-order chi connectivity index (χ1) is 7.22. The van der Waals surface area contributed by atoms with Gasteiger partial charge in [0.05, 0.1) is 6.61 Å². The molecule has 0 aliphatic heterocycles. The Kier molecular flexibility index (Phi) is 2.81. The SMILES string of the molecule is CNC(c1cccc(C)c1)C1(CO)CC1. The van der Waals surface area contributed by atoms with Crippen molar-refractivity contribution in [3.05, 3.63) is 35.4 Å². The van der Waals surface area contributed by atoms with Gasteiger partial charge in [0.15, 0.2) is 0 Å². The molecule has 0 bridgehead atoms. The molecule has 0 radical (unpaired) electrons. The van der Waals surface area contributed by atoms with E-state index in [1.54, 1.807) is 0 Å². The quantitative estimate of drug-likeness (QED) is 0.788. The van der Waals surface area contributed by atoms with Gasteiger partial charge >= 0.3 is 0 Å². The molecule has 0 spiro atoms. The molecule has 0 aromatic heterocycles. The van der Waals surface area contributed by atoms with Crippen LogP contribution >= 0.6 is 0 Å². The van der Waals surface area contributed by atoms with Gasteiger partial charge in [0.25, 0.3) is 0 Å². The van der Waals surface area contributed by atoms with Crippen LogP contribution in [0, 0.1) is 12.3 Å². The Balaban J connectivity index is 2.27. The smallest absolute Gasteiger partial charge is 0.0505 e. The van der Waals surface area contributed by atoms with Gasteiger partial charge in [-0.2, -0.15) is 0 Å². The van der Waals surface area contributed by atoms with Crippen molar-refractivity contribution in [2.24, 2.45) is 5.41 Å². The van der Waals surface area contributed by atoms with Crippen LogP contribution in [0.25, 0.3) is 0 Å². The van der Waals surface area contributed by atoms with Crippen LogP contribution in [0.5, 0.6) is 0 Å². The monoisotopic (exact) mass is 205 g/mol. The van der Waals surface area contributed by atoms with Crippen molar-refractivity contribution in [3.63, 3.8) is 0 Å². The third kappa shape index (κ3) is 1.92. The van der Waals surface area contributed by atoms with Gasteiger partial charge in [-0.3, -0.25) is 0 Å². The molecule has 1 unspecified atom stereocenters. The van der Waals surface area contributed by atoms with E-state index in [1.807, 2.05) is 7.05 Å². The third-order valence-corrected chi connectivity index (χ3v) is 3.48. The molecule has 82 valence electrons. The van der Waals surface area contributed by atoms with E-state index >= 15 is 0 Å². The summed E-state index contributed by atoms with van der Waals surface area (Å²) < 4.78 is 0. The summed E-state index contributed by atoms with van der Waals surface area (Å²) in [5.74, 6) is 0. The van der Waals surface area contributed by atoms with E-state index in [-0.39, 0.29) is 12.0 Å². The highest BCUT2D eigenvalue weighted by atomic mass is 16.3. The van der Waals surface area contributed by atoms with Crippen LogP contribution in [0.3, 0.4) is 0 Å². The topological polar surface area (TPSA) is 32.3 Å². The molecular weight excluding hydrogens is 186 g/mol. The first-order valence-corrected chi connectivity index (χ1v) is 5.56. The highest BCUT2D eigenvalue weighted by Gasteiger charge is 2.48. The fourth-order valence-electron chi connectivity index (χ4n) is 2.37. The summed E-state index contributed by atoms with van der Waals surface area (Å²) in [5.41, 5.74) is 2.67. The fraction of sp³-hybridized carbons (Fsp3) is 0.538. The van der Waals surface area contributed by atoms with Crippen molar-refractivity contribution in [1.82, 2.24) is 5.32 Å². The summed E-state index contributed by atoms with van der Waals surface area (Å²) in [4.78, 5) is 0. The molecule has 2 nitrogen and oxygen atoms in total. The van der Waals surface area contributed by atoms with E-state index in [1.165, 1.54) is 11.1 Å². The van der Waals surface area contributed by atoms with E-state index in [0.29, 0.717) is 6.04 Å².